The standard InChI is InChI=1S/C21H26Cl2N4O2/c1-3-7-17(25-21(29)18-13-16(22)19(23)26(18)2)20(28)24-14-8-6-9-15(12-14)27-10-4-5-11-27/h6,8-9,12-13,17H,3-5,7,10-11H2,1-2H3,(H,24,28)(H,25,29). The van der Waals surface area contributed by atoms with Crippen molar-refractivity contribution in [3.8, 4) is 0 Å². The molecule has 3 rings (SSSR count). The Balaban J connectivity index is 1.70. The third kappa shape index (κ3) is 5.06. The number of aromatic nitrogens is 1. The van der Waals surface area contributed by atoms with Crippen molar-refractivity contribution in [2.45, 2.75) is 38.6 Å². The van der Waals surface area contributed by atoms with Crippen LogP contribution in [0.25, 0.3) is 0 Å². The Labute approximate surface area is 181 Å². The van der Waals surface area contributed by atoms with Crippen LogP contribution in [0.2, 0.25) is 10.2 Å². The summed E-state index contributed by atoms with van der Waals surface area (Å²) in [5, 5.41) is 6.33. The third-order valence-corrected chi connectivity index (χ3v) is 5.98. The van der Waals surface area contributed by atoms with Crippen LogP contribution in [0, 0.1) is 0 Å². The molecule has 1 aromatic heterocycles. The molecule has 1 aliphatic rings. The average molecular weight is 437 g/mol. The molecule has 6 nitrogen and oxygen atoms in total. The Morgan fingerprint density at radius 3 is 2.52 bits per heavy atom. The Morgan fingerprint density at radius 2 is 1.90 bits per heavy atom. The molecule has 1 aliphatic heterocycles. The second-order valence-electron chi connectivity index (χ2n) is 7.28. The number of carbonyl (C=O) groups excluding carboxylic acids is 2. The number of hydrogen-bond donors (Lipinski definition) is 2. The predicted molar refractivity (Wildman–Crippen MR) is 118 cm³/mol. The Hall–Kier alpha value is -2.18. The molecule has 0 saturated carbocycles. The molecule has 0 spiro atoms. The number of hydrogen-bond acceptors (Lipinski definition) is 3. The topological polar surface area (TPSA) is 66.4 Å². The summed E-state index contributed by atoms with van der Waals surface area (Å²) >= 11 is 12.0. The number of anilines is 2. The highest BCUT2D eigenvalue weighted by atomic mass is 35.5. The number of halogens is 2. The van der Waals surface area contributed by atoms with Gasteiger partial charge in [-0.25, -0.2) is 0 Å². The van der Waals surface area contributed by atoms with Crippen molar-refractivity contribution in [2.24, 2.45) is 7.05 Å². The van der Waals surface area contributed by atoms with Crippen LogP contribution in [0.5, 0.6) is 0 Å². The quantitative estimate of drug-likeness (QED) is 0.672. The van der Waals surface area contributed by atoms with Crippen molar-refractivity contribution in [3.05, 3.63) is 46.2 Å². The van der Waals surface area contributed by atoms with Gasteiger partial charge < -0.3 is 20.1 Å². The van der Waals surface area contributed by atoms with Crippen molar-refractivity contribution in [1.29, 1.82) is 0 Å². The first-order valence-electron chi connectivity index (χ1n) is 9.88. The lowest BCUT2D eigenvalue weighted by Gasteiger charge is -2.20. The summed E-state index contributed by atoms with van der Waals surface area (Å²) in [7, 11) is 1.65. The van der Waals surface area contributed by atoms with E-state index in [1.54, 1.807) is 7.05 Å². The summed E-state index contributed by atoms with van der Waals surface area (Å²) in [5.74, 6) is -0.633. The van der Waals surface area contributed by atoms with Crippen molar-refractivity contribution in [2.75, 3.05) is 23.3 Å². The number of nitrogens with one attached hydrogen (secondary N) is 2. The van der Waals surface area contributed by atoms with Crippen LogP contribution in [0.1, 0.15) is 43.1 Å². The van der Waals surface area contributed by atoms with Crippen molar-refractivity contribution in [3.63, 3.8) is 0 Å². The number of benzene rings is 1. The highest BCUT2D eigenvalue weighted by Gasteiger charge is 2.24. The first-order valence-corrected chi connectivity index (χ1v) is 10.6. The lowest BCUT2D eigenvalue weighted by atomic mass is 10.1. The number of amides is 2. The van der Waals surface area contributed by atoms with E-state index in [1.165, 1.54) is 23.5 Å². The van der Waals surface area contributed by atoms with Crippen LogP contribution in [-0.2, 0) is 11.8 Å². The van der Waals surface area contributed by atoms with E-state index in [0.29, 0.717) is 17.1 Å². The normalized spacial score (nSPS) is 14.7. The molecule has 0 radical (unpaired) electrons. The van der Waals surface area contributed by atoms with Crippen LogP contribution in [-0.4, -0.2) is 35.5 Å². The molecule has 156 valence electrons. The van der Waals surface area contributed by atoms with E-state index in [4.69, 9.17) is 23.2 Å². The summed E-state index contributed by atoms with van der Waals surface area (Å²) in [6.07, 6.45) is 3.65. The fourth-order valence-corrected chi connectivity index (χ4v) is 3.91. The van der Waals surface area contributed by atoms with Crippen LogP contribution >= 0.6 is 23.2 Å². The van der Waals surface area contributed by atoms with Gasteiger partial charge >= 0.3 is 0 Å². The van der Waals surface area contributed by atoms with Gasteiger partial charge in [0.05, 0.1) is 5.02 Å². The summed E-state index contributed by atoms with van der Waals surface area (Å²) < 4.78 is 1.50. The fourth-order valence-electron chi connectivity index (χ4n) is 3.53. The lowest BCUT2D eigenvalue weighted by Crippen LogP contribution is -2.44. The highest BCUT2D eigenvalue weighted by molar-refractivity contribution is 6.41. The van der Waals surface area contributed by atoms with E-state index < -0.39 is 6.04 Å². The summed E-state index contributed by atoms with van der Waals surface area (Å²) in [4.78, 5) is 27.8. The van der Waals surface area contributed by atoms with Gasteiger partial charge in [-0.15, -0.1) is 0 Å². The summed E-state index contributed by atoms with van der Waals surface area (Å²) in [5.41, 5.74) is 2.13. The molecule has 2 N–H and O–H groups in total. The van der Waals surface area contributed by atoms with E-state index in [0.717, 1.165) is 30.9 Å². The zero-order valence-electron chi connectivity index (χ0n) is 16.7. The first-order chi connectivity index (χ1) is 13.9. The third-order valence-electron chi connectivity index (χ3n) is 5.13. The van der Waals surface area contributed by atoms with Crippen LogP contribution in [0.3, 0.4) is 0 Å². The summed E-state index contributed by atoms with van der Waals surface area (Å²) in [6, 6.07) is 8.67. The zero-order chi connectivity index (χ0) is 21.0. The molecule has 0 aliphatic carbocycles. The molecule has 1 unspecified atom stereocenters. The van der Waals surface area contributed by atoms with Crippen LogP contribution < -0.4 is 15.5 Å². The van der Waals surface area contributed by atoms with Gasteiger partial charge in [0.25, 0.3) is 5.91 Å². The minimum atomic E-state index is -0.657. The van der Waals surface area contributed by atoms with E-state index in [9.17, 15) is 9.59 Å². The molecular weight excluding hydrogens is 411 g/mol. The lowest BCUT2D eigenvalue weighted by molar-refractivity contribution is -0.118. The van der Waals surface area contributed by atoms with Crippen molar-refractivity contribution < 1.29 is 9.59 Å². The molecule has 1 saturated heterocycles. The maximum atomic E-state index is 12.9. The molecule has 29 heavy (non-hydrogen) atoms. The highest BCUT2D eigenvalue weighted by Crippen LogP contribution is 2.26. The second kappa shape index (κ2) is 9.55. The molecule has 0 bridgehead atoms. The van der Waals surface area contributed by atoms with E-state index in [2.05, 4.69) is 21.6 Å². The van der Waals surface area contributed by atoms with Crippen molar-refractivity contribution >= 4 is 46.4 Å². The number of nitrogens with zero attached hydrogens (tertiary/aromatic N) is 2. The Bertz CT molecular complexity index is 891. The van der Waals surface area contributed by atoms with Gasteiger partial charge in [0.1, 0.15) is 16.9 Å². The number of rotatable bonds is 7. The molecule has 2 aromatic rings. The van der Waals surface area contributed by atoms with Gasteiger partial charge in [0.15, 0.2) is 0 Å². The van der Waals surface area contributed by atoms with Gasteiger partial charge in [-0.2, -0.15) is 0 Å². The average Bonchev–Trinajstić information content (AvgIpc) is 3.33. The molecular formula is C21H26Cl2N4O2. The zero-order valence-corrected chi connectivity index (χ0v) is 18.2. The van der Waals surface area contributed by atoms with Gasteiger partial charge in [-0.05, 0) is 43.5 Å². The monoisotopic (exact) mass is 436 g/mol. The van der Waals surface area contributed by atoms with Gasteiger partial charge in [0.2, 0.25) is 5.91 Å². The maximum absolute atomic E-state index is 12.9. The molecule has 1 aromatic carbocycles. The first kappa shape index (κ1) is 21.5. The van der Waals surface area contributed by atoms with Gasteiger partial charge in [0, 0.05) is 31.5 Å². The Kier molecular flexibility index (Phi) is 7.09. The van der Waals surface area contributed by atoms with Gasteiger partial charge in [-0.1, -0.05) is 42.6 Å². The SMILES string of the molecule is CCCC(NC(=O)c1cc(Cl)c(Cl)n1C)C(=O)Nc1cccc(N2CCCC2)c1. The second-order valence-corrected chi connectivity index (χ2v) is 8.04. The van der Waals surface area contributed by atoms with E-state index >= 15 is 0 Å². The van der Waals surface area contributed by atoms with Crippen LogP contribution in [0.4, 0.5) is 11.4 Å². The maximum Gasteiger partial charge on any atom is 0.268 e. The fraction of sp³-hybridized carbons (Fsp3) is 0.429. The molecule has 2 heterocycles. The Morgan fingerprint density at radius 1 is 1.17 bits per heavy atom. The molecule has 1 atom stereocenters. The molecule has 8 heteroatoms. The van der Waals surface area contributed by atoms with E-state index in [-0.39, 0.29) is 17.0 Å². The van der Waals surface area contributed by atoms with Crippen LogP contribution in [0.15, 0.2) is 30.3 Å². The molecule has 1 fully saturated rings. The van der Waals surface area contributed by atoms with Crippen molar-refractivity contribution in [1.82, 2.24) is 9.88 Å². The minimum Gasteiger partial charge on any atom is -0.371 e. The molecule has 2 amide bonds. The predicted octanol–water partition coefficient (Wildman–Crippen LogP) is 4.47. The number of carbonyl (C=O) groups is 2. The smallest absolute Gasteiger partial charge is 0.268 e. The summed E-state index contributed by atoms with van der Waals surface area (Å²) in [6.45, 7) is 4.04. The largest absolute Gasteiger partial charge is 0.371 e. The van der Waals surface area contributed by atoms with E-state index in [1.807, 2.05) is 25.1 Å². The minimum absolute atomic E-state index is 0.245. The van der Waals surface area contributed by atoms with Gasteiger partial charge in [-0.3, -0.25) is 9.59 Å².